The zero-order chi connectivity index (χ0) is 17.8. The van der Waals surface area contributed by atoms with Gasteiger partial charge in [0.1, 0.15) is 0 Å². The van der Waals surface area contributed by atoms with Gasteiger partial charge in [0.05, 0.1) is 22.1 Å². The van der Waals surface area contributed by atoms with Crippen LogP contribution in [0.4, 0.5) is 0 Å². The van der Waals surface area contributed by atoms with Gasteiger partial charge in [-0.1, -0.05) is 42.8 Å². The molecule has 0 amide bonds. The van der Waals surface area contributed by atoms with Crippen LogP contribution < -0.4 is 10.7 Å². The minimum atomic E-state index is -0.758. The van der Waals surface area contributed by atoms with Crippen LogP contribution in [-0.2, 0) is 11.2 Å². The summed E-state index contributed by atoms with van der Waals surface area (Å²) < 4.78 is 0. The van der Waals surface area contributed by atoms with Gasteiger partial charge in [-0.15, -0.1) is 0 Å². The number of halogens is 1. The molecule has 0 spiro atoms. The number of benzene rings is 1. The lowest BCUT2D eigenvalue weighted by Crippen LogP contribution is -2.36. The van der Waals surface area contributed by atoms with E-state index >= 15 is 0 Å². The summed E-state index contributed by atoms with van der Waals surface area (Å²) in [6.45, 7) is 2.17. The van der Waals surface area contributed by atoms with Gasteiger partial charge in [-0.05, 0) is 43.7 Å². The number of carbonyl (C=O) groups is 1. The van der Waals surface area contributed by atoms with Gasteiger partial charge in [0, 0.05) is 17.0 Å². The highest BCUT2D eigenvalue weighted by Crippen LogP contribution is 2.22. The largest absolute Gasteiger partial charge is 0.481 e. The average Bonchev–Trinajstić information content (AvgIpc) is 2.58. The Morgan fingerprint density at radius 2 is 1.96 bits per heavy atom. The molecule has 3 rings (SSSR count). The Hall–Kier alpha value is -2.20. The number of unbranched alkanes of at least 4 members (excludes halogenated alkanes) is 1. The van der Waals surface area contributed by atoms with E-state index in [-0.39, 0.29) is 6.42 Å². The molecule has 0 bridgehead atoms. The maximum absolute atomic E-state index is 10.7. The summed E-state index contributed by atoms with van der Waals surface area (Å²) in [6, 6.07) is 7.61. The monoisotopic (exact) mass is 356 g/mol. The molecule has 0 fully saturated rings. The van der Waals surface area contributed by atoms with Crippen LogP contribution in [0.2, 0.25) is 5.02 Å². The number of carboxylic acids is 1. The number of nitrogens with zero attached hydrogens (tertiary/aromatic N) is 2. The Bertz CT molecular complexity index is 891. The molecular weight excluding hydrogens is 336 g/mol. The third-order valence-electron chi connectivity index (χ3n) is 4.32. The highest BCUT2D eigenvalue weighted by molar-refractivity contribution is 6.30. The number of aromatic nitrogens is 2. The third kappa shape index (κ3) is 4.45. The van der Waals surface area contributed by atoms with Crippen molar-refractivity contribution in [2.75, 3.05) is 0 Å². The Labute approximate surface area is 151 Å². The van der Waals surface area contributed by atoms with Crippen molar-refractivity contribution < 1.29 is 9.90 Å². The molecule has 1 aliphatic carbocycles. The number of hydrogen-bond acceptors (Lipinski definition) is 3. The standard InChI is InChI=1S/C20H21ClN2O2/c1-13-6-11-16-18(12-13)22-17(4-2-3-5-19(24)25)20(23-16)14-7-9-15(21)10-8-14/h7-13H,2-6H2,1H3,(H,24,25). The van der Waals surface area contributed by atoms with Gasteiger partial charge in [-0.2, -0.15) is 0 Å². The van der Waals surface area contributed by atoms with E-state index in [0.717, 1.165) is 40.5 Å². The summed E-state index contributed by atoms with van der Waals surface area (Å²) in [5.41, 5.74) is 2.77. The maximum atomic E-state index is 10.7. The topological polar surface area (TPSA) is 63.1 Å². The molecule has 25 heavy (non-hydrogen) atoms. The van der Waals surface area contributed by atoms with Gasteiger partial charge >= 0.3 is 5.97 Å². The molecule has 1 N–H and O–H groups in total. The minimum absolute atomic E-state index is 0.186. The highest BCUT2D eigenvalue weighted by Gasteiger charge is 2.12. The van der Waals surface area contributed by atoms with Crippen molar-refractivity contribution in [1.29, 1.82) is 0 Å². The molecule has 1 atom stereocenters. The van der Waals surface area contributed by atoms with Crippen LogP contribution in [0.1, 0.15) is 38.3 Å². The van der Waals surface area contributed by atoms with Gasteiger partial charge < -0.3 is 5.11 Å². The smallest absolute Gasteiger partial charge is 0.303 e. The zero-order valence-corrected chi connectivity index (χ0v) is 15.0. The van der Waals surface area contributed by atoms with Gasteiger partial charge in [-0.3, -0.25) is 4.79 Å². The van der Waals surface area contributed by atoms with E-state index in [2.05, 4.69) is 19.1 Å². The van der Waals surface area contributed by atoms with Crippen molar-refractivity contribution in [3.63, 3.8) is 0 Å². The Balaban J connectivity index is 1.98. The van der Waals surface area contributed by atoms with Crippen molar-refractivity contribution in [2.24, 2.45) is 5.92 Å². The van der Waals surface area contributed by atoms with Crippen LogP contribution in [0.15, 0.2) is 24.3 Å². The number of rotatable bonds is 6. The Morgan fingerprint density at radius 1 is 1.20 bits per heavy atom. The van der Waals surface area contributed by atoms with Gasteiger partial charge in [-0.25, -0.2) is 9.97 Å². The molecule has 2 aromatic rings. The molecule has 1 unspecified atom stereocenters. The molecule has 1 heterocycles. The van der Waals surface area contributed by atoms with Crippen molar-refractivity contribution in [1.82, 2.24) is 9.97 Å². The molecule has 0 aliphatic heterocycles. The van der Waals surface area contributed by atoms with E-state index < -0.39 is 5.97 Å². The van der Waals surface area contributed by atoms with Crippen LogP contribution in [0, 0.1) is 5.92 Å². The van der Waals surface area contributed by atoms with Crippen LogP contribution >= 0.6 is 11.6 Å². The zero-order valence-electron chi connectivity index (χ0n) is 14.2. The summed E-state index contributed by atoms with van der Waals surface area (Å²) >= 11 is 6.00. The molecule has 130 valence electrons. The maximum Gasteiger partial charge on any atom is 0.303 e. The van der Waals surface area contributed by atoms with E-state index in [9.17, 15) is 4.79 Å². The fourth-order valence-corrected chi connectivity index (χ4v) is 3.11. The number of hydrogen-bond donors (Lipinski definition) is 1. The summed E-state index contributed by atoms with van der Waals surface area (Å²) in [5.74, 6) is -0.297. The predicted octanol–water partition coefficient (Wildman–Crippen LogP) is 3.20. The summed E-state index contributed by atoms with van der Waals surface area (Å²) in [6.07, 6.45) is 7.59. The first-order valence-electron chi connectivity index (χ1n) is 8.59. The van der Waals surface area contributed by atoms with Crippen LogP contribution in [-0.4, -0.2) is 21.0 Å². The number of aliphatic carboxylic acids is 1. The second-order valence-electron chi connectivity index (χ2n) is 6.48. The Morgan fingerprint density at radius 3 is 2.68 bits per heavy atom. The van der Waals surface area contributed by atoms with Gasteiger partial charge in [0.15, 0.2) is 0 Å². The van der Waals surface area contributed by atoms with Gasteiger partial charge in [0.25, 0.3) is 0 Å². The fraction of sp³-hybridized carbons (Fsp3) is 0.350. The fourth-order valence-electron chi connectivity index (χ4n) is 2.99. The lowest BCUT2D eigenvalue weighted by atomic mass is 10.0. The summed E-state index contributed by atoms with van der Waals surface area (Å²) in [4.78, 5) is 20.4. The van der Waals surface area contributed by atoms with Crippen LogP contribution in [0.25, 0.3) is 23.4 Å². The SMILES string of the molecule is CC1C=c2nc(CCCCC(=O)O)c(-c3ccc(Cl)cc3)nc2=CC1. The summed E-state index contributed by atoms with van der Waals surface area (Å²) in [5, 5.41) is 11.4. The van der Waals surface area contributed by atoms with Gasteiger partial charge in [0.2, 0.25) is 0 Å². The van der Waals surface area contributed by atoms with E-state index in [4.69, 9.17) is 26.7 Å². The molecule has 0 saturated carbocycles. The molecule has 1 aromatic carbocycles. The molecule has 1 aliphatic rings. The highest BCUT2D eigenvalue weighted by atomic mass is 35.5. The second kappa shape index (κ2) is 7.79. The average molecular weight is 357 g/mol. The van der Waals surface area contributed by atoms with Crippen molar-refractivity contribution in [3.8, 4) is 11.3 Å². The second-order valence-corrected chi connectivity index (χ2v) is 6.92. The van der Waals surface area contributed by atoms with Crippen molar-refractivity contribution in [2.45, 2.75) is 39.0 Å². The molecular formula is C20H21ClN2O2. The first-order chi connectivity index (χ1) is 12.0. The number of aryl methyl sites for hydroxylation is 1. The predicted molar refractivity (Wildman–Crippen MR) is 99.6 cm³/mol. The lowest BCUT2D eigenvalue weighted by Gasteiger charge is -2.12. The summed E-state index contributed by atoms with van der Waals surface area (Å²) in [7, 11) is 0. The molecule has 4 nitrogen and oxygen atoms in total. The first-order valence-corrected chi connectivity index (χ1v) is 8.97. The normalized spacial score (nSPS) is 15.8. The van der Waals surface area contributed by atoms with Crippen LogP contribution in [0.3, 0.4) is 0 Å². The van der Waals surface area contributed by atoms with E-state index in [1.165, 1.54) is 0 Å². The molecule has 5 heteroatoms. The quantitative estimate of drug-likeness (QED) is 0.807. The van der Waals surface area contributed by atoms with Crippen LogP contribution in [0.5, 0.6) is 0 Å². The van der Waals surface area contributed by atoms with Crippen molar-refractivity contribution >= 4 is 29.7 Å². The minimum Gasteiger partial charge on any atom is -0.481 e. The van der Waals surface area contributed by atoms with E-state index in [1.54, 1.807) is 0 Å². The third-order valence-corrected chi connectivity index (χ3v) is 4.57. The number of fused-ring (bicyclic) bond motifs is 1. The van der Waals surface area contributed by atoms with E-state index in [1.807, 2.05) is 24.3 Å². The lowest BCUT2D eigenvalue weighted by molar-refractivity contribution is -0.137. The number of carboxylic acid groups (broad SMARTS) is 1. The molecule has 0 radical (unpaired) electrons. The van der Waals surface area contributed by atoms with E-state index in [0.29, 0.717) is 23.8 Å². The molecule has 1 aromatic heterocycles. The Kier molecular flexibility index (Phi) is 5.49. The van der Waals surface area contributed by atoms with Crippen molar-refractivity contribution in [3.05, 3.63) is 45.7 Å². The molecule has 0 saturated heterocycles. The first kappa shape index (κ1) is 17.6.